The molecule has 0 atom stereocenters. The van der Waals surface area contributed by atoms with Crippen LogP contribution in [0.5, 0.6) is 5.75 Å². The maximum Gasteiger partial charge on any atom is 0.227 e. The summed E-state index contributed by atoms with van der Waals surface area (Å²) < 4.78 is 7.17. The molecule has 0 radical (unpaired) electrons. The fourth-order valence-corrected chi connectivity index (χ4v) is 4.22. The number of anilines is 4. The van der Waals surface area contributed by atoms with Crippen molar-refractivity contribution in [3.8, 4) is 5.75 Å². The molecule has 4 rings (SSSR count). The van der Waals surface area contributed by atoms with E-state index in [2.05, 4.69) is 78.0 Å². The smallest absolute Gasteiger partial charge is 0.227 e. The first-order valence-corrected chi connectivity index (χ1v) is 11.4. The maximum atomic E-state index is 5.31. The van der Waals surface area contributed by atoms with E-state index < -0.39 is 0 Å². The Morgan fingerprint density at radius 3 is 2.39 bits per heavy atom. The number of rotatable bonds is 5. The topological polar surface area (TPSA) is 71.3 Å². The van der Waals surface area contributed by atoms with Crippen molar-refractivity contribution < 1.29 is 4.74 Å². The van der Waals surface area contributed by atoms with E-state index in [1.165, 1.54) is 5.69 Å². The van der Waals surface area contributed by atoms with Gasteiger partial charge in [0.25, 0.3) is 0 Å². The van der Waals surface area contributed by atoms with E-state index in [9.17, 15) is 0 Å². The fraction of sp³-hybridized carbons (Fsp3) is 0.480. The average Bonchev–Trinajstić information content (AvgIpc) is 3.14. The Balaban J connectivity index is 1.49. The summed E-state index contributed by atoms with van der Waals surface area (Å²) in [7, 11) is 3.64. The summed E-state index contributed by atoms with van der Waals surface area (Å²) in [6.07, 6.45) is 1.81. The number of nitrogens with one attached hydrogen (secondary N) is 1. The molecule has 8 heteroatoms. The number of nitrogens with zero attached hydrogens (tertiary/aromatic N) is 6. The van der Waals surface area contributed by atoms with Crippen LogP contribution in [0.4, 0.5) is 23.3 Å². The molecule has 176 valence electrons. The Hall–Kier alpha value is -3.29. The predicted octanol–water partition coefficient (Wildman–Crippen LogP) is 4.37. The maximum absolute atomic E-state index is 5.31. The van der Waals surface area contributed by atoms with Gasteiger partial charge >= 0.3 is 0 Å². The van der Waals surface area contributed by atoms with Gasteiger partial charge in [0, 0.05) is 50.0 Å². The molecule has 3 aromatic rings. The lowest BCUT2D eigenvalue weighted by Crippen LogP contribution is -2.60. The molecular weight excluding hydrogens is 414 g/mol. The zero-order valence-electron chi connectivity index (χ0n) is 20.8. The molecule has 0 bridgehead atoms. The summed E-state index contributed by atoms with van der Waals surface area (Å²) in [5.74, 6) is 3.28. The first kappa shape index (κ1) is 22.9. The third-order valence-electron chi connectivity index (χ3n) is 6.12. The van der Waals surface area contributed by atoms with E-state index in [-0.39, 0.29) is 11.0 Å². The number of hydrogen-bond donors (Lipinski definition) is 1. The highest BCUT2D eigenvalue weighted by atomic mass is 16.5. The summed E-state index contributed by atoms with van der Waals surface area (Å²) in [5.41, 5.74) is 2.15. The van der Waals surface area contributed by atoms with Gasteiger partial charge in [0.05, 0.1) is 18.3 Å². The minimum absolute atomic E-state index is 0.0103. The van der Waals surface area contributed by atoms with Gasteiger partial charge in [-0.1, -0.05) is 20.8 Å². The standard InChI is InChI=1S/C25H35N7O/c1-24(2,3)20-16-22(30(6)29-20)27-21-12-13-26-23(28-21)31-14-15-32(25(4,5)17-31)18-8-10-19(33-7)11-9-18/h8-13,16H,14-15,17H2,1-7H3,(H,26,27,28). The summed E-state index contributed by atoms with van der Waals surface area (Å²) in [5, 5.41) is 8.06. The van der Waals surface area contributed by atoms with Crippen LogP contribution in [0.1, 0.15) is 40.3 Å². The van der Waals surface area contributed by atoms with Crippen molar-refractivity contribution in [3.63, 3.8) is 0 Å². The zero-order chi connectivity index (χ0) is 23.8. The minimum atomic E-state index is -0.0801. The number of hydrogen-bond acceptors (Lipinski definition) is 7. The van der Waals surface area contributed by atoms with Gasteiger partial charge < -0.3 is 19.9 Å². The predicted molar refractivity (Wildman–Crippen MR) is 134 cm³/mol. The first-order chi connectivity index (χ1) is 15.6. The van der Waals surface area contributed by atoms with Crippen LogP contribution in [0.2, 0.25) is 0 Å². The van der Waals surface area contributed by atoms with Gasteiger partial charge in [0.1, 0.15) is 17.4 Å². The molecule has 0 aliphatic carbocycles. The van der Waals surface area contributed by atoms with Crippen molar-refractivity contribution in [2.45, 2.75) is 45.6 Å². The molecule has 1 N–H and O–H groups in total. The third kappa shape index (κ3) is 4.89. The zero-order valence-corrected chi connectivity index (χ0v) is 20.8. The van der Waals surface area contributed by atoms with Crippen molar-refractivity contribution >= 4 is 23.3 Å². The summed E-state index contributed by atoms with van der Waals surface area (Å²) in [4.78, 5) is 14.1. The Morgan fingerprint density at radius 2 is 1.79 bits per heavy atom. The van der Waals surface area contributed by atoms with E-state index >= 15 is 0 Å². The SMILES string of the molecule is COc1ccc(N2CCN(c3nccc(Nc4cc(C(C)(C)C)nn4C)n3)CC2(C)C)cc1. The monoisotopic (exact) mass is 449 g/mol. The van der Waals surface area contributed by atoms with Crippen LogP contribution in [-0.4, -0.2) is 52.0 Å². The Kier molecular flexibility index (Phi) is 5.95. The molecule has 1 aromatic carbocycles. The number of benzene rings is 1. The van der Waals surface area contributed by atoms with Crippen LogP contribution >= 0.6 is 0 Å². The molecule has 0 amide bonds. The first-order valence-electron chi connectivity index (χ1n) is 11.4. The highest BCUT2D eigenvalue weighted by molar-refractivity contribution is 5.56. The van der Waals surface area contributed by atoms with Crippen molar-refractivity contribution in [3.05, 3.63) is 48.3 Å². The fourth-order valence-electron chi connectivity index (χ4n) is 4.22. The molecule has 1 saturated heterocycles. The minimum Gasteiger partial charge on any atom is -0.497 e. The number of aromatic nitrogens is 4. The molecular formula is C25H35N7O. The average molecular weight is 450 g/mol. The largest absolute Gasteiger partial charge is 0.497 e. The van der Waals surface area contributed by atoms with Crippen LogP contribution in [0.15, 0.2) is 42.6 Å². The highest BCUT2D eigenvalue weighted by Crippen LogP contribution is 2.31. The van der Waals surface area contributed by atoms with E-state index in [4.69, 9.17) is 9.72 Å². The second kappa shape index (κ2) is 8.57. The Labute approximate surface area is 196 Å². The lowest BCUT2D eigenvalue weighted by atomic mass is 9.92. The van der Waals surface area contributed by atoms with E-state index in [0.717, 1.165) is 48.7 Å². The molecule has 1 fully saturated rings. The lowest BCUT2D eigenvalue weighted by Gasteiger charge is -2.48. The molecule has 0 unspecified atom stereocenters. The molecule has 1 aliphatic rings. The van der Waals surface area contributed by atoms with E-state index in [1.807, 2.05) is 36.1 Å². The normalized spacial score (nSPS) is 16.1. The van der Waals surface area contributed by atoms with Crippen LogP contribution in [0.3, 0.4) is 0 Å². The van der Waals surface area contributed by atoms with Crippen LogP contribution < -0.4 is 19.9 Å². The summed E-state index contributed by atoms with van der Waals surface area (Å²) in [6, 6.07) is 12.2. The van der Waals surface area contributed by atoms with Crippen molar-refractivity contribution in [1.29, 1.82) is 0 Å². The van der Waals surface area contributed by atoms with Crippen LogP contribution in [0, 0.1) is 0 Å². The number of ether oxygens (including phenoxy) is 1. The van der Waals surface area contributed by atoms with E-state index in [0.29, 0.717) is 0 Å². The molecule has 8 nitrogen and oxygen atoms in total. The Morgan fingerprint density at radius 1 is 1.06 bits per heavy atom. The molecule has 0 saturated carbocycles. The molecule has 0 spiro atoms. The van der Waals surface area contributed by atoms with Gasteiger partial charge in [0.2, 0.25) is 5.95 Å². The summed E-state index contributed by atoms with van der Waals surface area (Å²) >= 11 is 0. The van der Waals surface area contributed by atoms with Crippen molar-refractivity contribution in [2.75, 3.05) is 41.9 Å². The van der Waals surface area contributed by atoms with Gasteiger partial charge in [-0.25, -0.2) is 4.98 Å². The van der Waals surface area contributed by atoms with Crippen LogP contribution in [0.25, 0.3) is 0 Å². The highest BCUT2D eigenvalue weighted by Gasteiger charge is 2.35. The van der Waals surface area contributed by atoms with Crippen molar-refractivity contribution in [1.82, 2.24) is 19.7 Å². The van der Waals surface area contributed by atoms with Gasteiger partial charge in [-0.05, 0) is 44.2 Å². The van der Waals surface area contributed by atoms with Gasteiger partial charge in [-0.3, -0.25) is 4.68 Å². The number of methoxy groups -OCH3 is 1. The molecule has 33 heavy (non-hydrogen) atoms. The van der Waals surface area contributed by atoms with E-state index in [1.54, 1.807) is 7.11 Å². The number of piperazine rings is 1. The Bertz CT molecular complexity index is 1100. The van der Waals surface area contributed by atoms with Crippen LogP contribution in [-0.2, 0) is 12.5 Å². The van der Waals surface area contributed by atoms with Gasteiger partial charge in [0.15, 0.2) is 0 Å². The van der Waals surface area contributed by atoms with Crippen molar-refractivity contribution in [2.24, 2.45) is 7.05 Å². The lowest BCUT2D eigenvalue weighted by molar-refractivity contribution is 0.408. The third-order valence-corrected chi connectivity index (χ3v) is 6.12. The molecule has 3 heterocycles. The number of aryl methyl sites for hydroxylation is 1. The molecule has 2 aromatic heterocycles. The van der Waals surface area contributed by atoms with Gasteiger partial charge in [-0.15, -0.1) is 0 Å². The second-order valence-electron chi connectivity index (χ2n) is 10.2. The molecule has 1 aliphatic heterocycles. The summed E-state index contributed by atoms with van der Waals surface area (Å²) in [6.45, 7) is 13.6. The second-order valence-corrected chi connectivity index (χ2v) is 10.2. The quantitative estimate of drug-likeness (QED) is 0.620. The van der Waals surface area contributed by atoms with Gasteiger partial charge in [-0.2, -0.15) is 10.1 Å².